The Balaban J connectivity index is 1.28. The molecule has 3 heterocycles. The molecule has 0 amide bonds. The fourth-order valence-corrected chi connectivity index (χ4v) is 6.98. The smallest absolute Gasteiger partial charge is 0.144 e. The quantitative estimate of drug-likeness (QED) is 0.169. The van der Waals surface area contributed by atoms with Gasteiger partial charge in [-0.15, -0.1) is 0 Å². The van der Waals surface area contributed by atoms with Gasteiger partial charge in [-0.3, -0.25) is 9.80 Å². The molecule has 46 heavy (non-hydrogen) atoms. The van der Waals surface area contributed by atoms with Crippen LogP contribution in [-0.2, 0) is 6.54 Å². The van der Waals surface area contributed by atoms with Crippen LogP contribution < -0.4 is 14.2 Å². The highest BCUT2D eigenvalue weighted by Gasteiger charge is 2.22. The Bertz CT molecular complexity index is 1510. The molecule has 0 N–H and O–H groups in total. The Morgan fingerprint density at radius 1 is 0.826 bits per heavy atom. The van der Waals surface area contributed by atoms with Crippen molar-refractivity contribution in [2.75, 3.05) is 52.5 Å². The SMILES string of the molecule is CCCCn1c(-c2ccc(OCCN3CCCC3)cc2OCCN2CCCC2)nc2ccc(OC3=CC=C(C(C)C)CC3C)cc21. The molecule has 7 heteroatoms. The number of likely N-dealkylation sites (tertiary alicyclic amines) is 2. The van der Waals surface area contributed by atoms with Crippen molar-refractivity contribution in [3.8, 4) is 28.6 Å². The van der Waals surface area contributed by atoms with Crippen LogP contribution in [0.5, 0.6) is 17.2 Å². The number of hydrogen-bond donors (Lipinski definition) is 0. The molecule has 248 valence electrons. The van der Waals surface area contributed by atoms with Gasteiger partial charge in [-0.2, -0.15) is 0 Å². The van der Waals surface area contributed by atoms with Crippen LogP contribution in [0.25, 0.3) is 22.4 Å². The number of unbranched alkanes of at least 4 members (excludes halogenated alkanes) is 1. The molecular weight excluding hydrogens is 572 g/mol. The minimum absolute atomic E-state index is 0.356. The molecule has 1 atom stereocenters. The number of aromatic nitrogens is 2. The van der Waals surface area contributed by atoms with E-state index in [-0.39, 0.29) is 0 Å². The minimum atomic E-state index is 0.356. The maximum absolute atomic E-state index is 6.57. The van der Waals surface area contributed by atoms with E-state index >= 15 is 0 Å². The summed E-state index contributed by atoms with van der Waals surface area (Å²) in [6.07, 6.45) is 12.8. The Kier molecular flexibility index (Phi) is 11.0. The summed E-state index contributed by atoms with van der Waals surface area (Å²) in [5.74, 6) is 5.45. The number of benzene rings is 2. The first-order chi connectivity index (χ1) is 22.5. The Hall–Kier alpha value is -3.29. The van der Waals surface area contributed by atoms with Crippen molar-refractivity contribution >= 4 is 11.0 Å². The van der Waals surface area contributed by atoms with Gasteiger partial charge in [0.1, 0.15) is 42.0 Å². The molecule has 7 nitrogen and oxygen atoms in total. The van der Waals surface area contributed by atoms with E-state index in [9.17, 15) is 0 Å². The van der Waals surface area contributed by atoms with E-state index in [1.807, 2.05) is 0 Å². The molecule has 1 aliphatic carbocycles. The second-order valence-corrected chi connectivity index (χ2v) is 13.7. The minimum Gasteiger partial charge on any atom is -0.492 e. The maximum atomic E-state index is 6.57. The topological polar surface area (TPSA) is 52.0 Å². The van der Waals surface area contributed by atoms with Crippen LogP contribution in [-0.4, -0.2) is 71.8 Å². The fraction of sp³-hybridized carbons (Fsp3) is 0.564. The van der Waals surface area contributed by atoms with Crippen LogP contribution in [0.3, 0.4) is 0 Å². The third-order valence-electron chi connectivity index (χ3n) is 9.85. The molecule has 2 aliphatic heterocycles. The summed E-state index contributed by atoms with van der Waals surface area (Å²) >= 11 is 0. The third kappa shape index (κ3) is 7.98. The van der Waals surface area contributed by atoms with Crippen molar-refractivity contribution in [3.05, 3.63) is 59.9 Å². The average Bonchev–Trinajstić information content (AvgIpc) is 3.83. The molecule has 2 fully saturated rings. The number of imidazole rings is 1. The number of ether oxygens (including phenoxy) is 3. The first-order valence-corrected chi connectivity index (χ1v) is 17.9. The molecule has 1 unspecified atom stereocenters. The average molecular weight is 627 g/mol. The predicted octanol–water partition coefficient (Wildman–Crippen LogP) is 8.34. The van der Waals surface area contributed by atoms with E-state index in [2.05, 4.69) is 90.6 Å². The zero-order chi connectivity index (χ0) is 31.9. The van der Waals surface area contributed by atoms with Gasteiger partial charge >= 0.3 is 0 Å². The summed E-state index contributed by atoms with van der Waals surface area (Å²) in [5.41, 5.74) is 4.56. The highest BCUT2D eigenvalue weighted by atomic mass is 16.5. The number of fused-ring (bicyclic) bond motifs is 1. The number of allylic oxidation sites excluding steroid dienone is 4. The summed E-state index contributed by atoms with van der Waals surface area (Å²) in [7, 11) is 0. The number of aryl methyl sites for hydroxylation is 1. The Morgan fingerprint density at radius 2 is 1.52 bits per heavy atom. The van der Waals surface area contributed by atoms with Gasteiger partial charge < -0.3 is 18.8 Å². The second kappa shape index (κ2) is 15.5. The predicted molar refractivity (Wildman–Crippen MR) is 188 cm³/mol. The fourth-order valence-electron chi connectivity index (χ4n) is 6.98. The molecule has 0 radical (unpaired) electrons. The molecule has 1 aromatic heterocycles. The van der Waals surface area contributed by atoms with Gasteiger partial charge in [0.15, 0.2) is 0 Å². The van der Waals surface area contributed by atoms with E-state index in [0.29, 0.717) is 25.0 Å². The first kappa shape index (κ1) is 32.6. The van der Waals surface area contributed by atoms with E-state index in [0.717, 1.165) is 97.4 Å². The van der Waals surface area contributed by atoms with E-state index in [1.54, 1.807) is 0 Å². The monoisotopic (exact) mass is 626 g/mol. The summed E-state index contributed by atoms with van der Waals surface area (Å²) in [6, 6.07) is 12.6. The second-order valence-electron chi connectivity index (χ2n) is 13.7. The molecule has 3 aromatic rings. The molecule has 2 aromatic carbocycles. The molecule has 6 rings (SSSR count). The largest absolute Gasteiger partial charge is 0.492 e. The van der Waals surface area contributed by atoms with Gasteiger partial charge in [-0.1, -0.05) is 45.8 Å². The molecule has 0 spiro atoms. The Labute approximate surface area is 276 Å². The summed E-state index contributed by atoms with van der Waals surface area (Å²) in [5, 5.41) is 0. The van der Waals surface area contributed by atoms with Gasteiger partial charge in [0.2, 0.25) is 0 Å². The summed E-state index contributed by atoms with van der Waals surface area (Å²) in [4.78, 5) is 10.2. The number of hydrogen-bond acceptors (Lipinski definition) is 6. The van der Waals surface area contributed by atoms with Crippen molar-refractivity contribution in [2.45, 2.75) is 79.2 Å². The zero-order valence-electron chi connectivity index (χ0n) is 28.6. The highest BCUT2D eigenvalue weighted by molar-refractivity contribution is 5.83. The van der Waals surface area contributed by atoms with Gasteiger partial charge in [-0.25, -0.2) is 4.98 Å². The maximum Gasteiger partial charge on any atom is 0.144 e. The summed E-state index contributed by atoms with van der Waals surface area (Å²) < 4.78 is 21.7. The van der Waals surface area contributed by atoms with Crippen LogP contribution in [0, 0.1) is 11.8 Å². The highest BCUT2D eigenvalue weighted by Crippen LogP contribution is 2.37. The lowest BCUT2D eigenvalue weighted by molar-refractivity contribution is 0.230. The lowest BCUT2D eigenvalue weighted by Gasteiger charge is -2.23. The van der Waals surface area contributed by atoms with E-state index in [1.165, 1.54) is 44.3 Å². The lowest BCUT2D eigenvalue weighted by atomic mass is 9.88. The normalized spacial score (nSPS) is 19.2. The number of nitrogens with zero attached hydrogens (tertiary/aromatic N) is 4. The van der Waals surface area contributed by atoms with Crippen LogP contribution in [0.2, 0.25) is 0 Å². The van der Waals surface area contributed by atoms with Crippen molar-refractivity contribution < 1.29 is 14.2 Å². The van der Waals surface area contributed by atoms with Crippen molar-refractivity contribution in [1.29, 1.82) is 0 Å². The van der Waals surface area contributed by atoms with Crippen molar-refractivity contribution in [1.82, 2.24) is 19.4 Å². The molecule has 3 aliphatic rings. The Morgan fingerprint density at radius 3 is 2.20 bits per heavy atom. The van der Waals surface area contributed by atoms with Gasteiger partial charge in [-0.05, 0) is 101 Å². The summed E-state index contributed by atoms with van der Waals surface area (Å²) in [6.45, 7) is 17.8. The standard InChI is InChI=1S/C39H54N4O3/c1-5-6-21-43-36-27-33(46-37-16-11-31(29(2)3)26-30(37)4)13-15-35(36)40-39(43)34-14-12-32(44-24-22-41-17-7-8-18-41)28-38(34)45-25-23-42-19-9-10-20-42/h11-16,27-30H,5-10,17-26H2,1-4H3. The van der Waals surface area contributed by atoms with Crippen LogP contribution in [0.15, 0.2) is 59.9 Å². The van der Waals surface area contributed by atoms with Gasteiger partial charge in [0, 0.05) is 37.7 Å². The van der Waals surface area contributed by atoms with Crippen molar-refractivity contribution in [3.63, 3.8) is 0 Å². The van der Waals surface area contributed by atoms with Crippen LogP contribution in [0.4, 0.5) is 0 Å². The molecule has 0 bridgehead atoms. The van der Waals surface area contributed by atoms with Crippen LogP contribution in [0.1, 0.15) is 72.6 Å². The first-order valence-electron chi connectivity index (χ1n) is 17.9. The lowest BCUT2D eigenvalue weighted by Crippen LogP contribution is -2.25. The van der Waals surface area contributed by atoms with Gasteiger partial charge in [0.25, 0.3) is 0 Å². The number of rotatable bonds is 15. The molecule has 2 saturated heterocycles. The van der Waals surface area contributed by atoms with Gasteiger partial charge in [0.05, 0.1) is 16.6 Å². The molecule has 0 saturated carbocycles. The van der Waals surface area contributed by atoms with Crippen molar-refractivity contribution in [2.24, 2.45) is 11.8 Å². The molecular formula is C39H54N4O3. The van der Waals surface area contributed by atoms with Crippen LogP contribution >= 0.6 is 0 Å². The third-order valence-corrected chi connectivity index (χ3v) is 9.85. The zero-order valence-corrected chi connectivity index (χ0v) is 28.6. The van der Waals surface area contributed by atoms with E-state index in [4.69, 9.17) is 19.2 Å². The van der Waals surface area contributed by atoms with E-state index < -0.39 is 0 Å².